The van der Waals surface area contributed by atoms with Gasteiger partial charge in [0.1, 0.15) is 5.39 Å². The number of nitrogens with one attached hydrogen (secondary N) is 1. The van der Waals surface area contributed by atoms with E-state index in [4.69, 9.17) is 9.25 Å². The fourth-order valence-electron chi connectivity index (χ4n) is 3.82. The van der Waals surface area contributed by atoms with Gasteiger partial charge in [0.2, 0.25) is 5.71 Å². The summed E-state index contributed by atoms with van der Waals surface area (Å²) in [7, 11) is 0. The molecular formula is C21H27N3O4. The first-order chi connectivity index (χ1) is 13.6. The van der Waals surface area contributed by atoms with Gasteiger partial charge in [-0.3, -0.25) is 9.78 Å². The van der Waals surface area contributed by atoms with Gasteiger partial charge >= 0.3 is 11.6 Å². The highest BCUT2D eigenvalue weighted by atomic mass is 16.6. The van der Waals surface area contributed by atoms with Gasteiger partial charge in [-0.05, 0) is 55.9 Å². The number of nitrogens with zero attached hydrogens (tertiary/aromatic N) is 2. The molecular weight excluding hydrogens is 358 g/mol. The summed E-state index contributed by atoms with van der Waals surface area (Å²) in [5.41, 5.74) is 0.808. The Kier molecular flexibility index (Phi) is 5.59. The summed E-state index contributed by atoms with van der Waals surface area (Å²) < 4.78 is 5.17. The summed E-state index contributed by atoms with van der Waals surface area (Å²) in [4.78, 5) is 36.6. The number of aromatic nitrogens is 2. The lowest BCUT2D eigenvalue weighted by molar-refractivity contribution is 0.305. The average Bonchev–Trinajstić information content (AvgIpc) is 3.48. The van der Waals surface area contributed by atoms with Gasteiger partial charge in [-0.25, -0.2) is 4.79 Å². The van der Waals surface area contributed by atoms with Crippen LogP contribution in [0.3, 0.4) is 0 Å². The third kappa shape index (κ3) is 4.69. The maximum absolute atomic E-state index is 12.6. The molecule has 0 aliphatic heterocycles. The van der Waals surface area contributed by atoms with Crippen molar-refractivity contribution in [3.05, 3.63) is 32.4 Å². The third-order valence-corrected chi connectivity index (χ3v) is 5.79. The van der Waals surface area contributed by atoms with E-state index < -0.39 is 5.63 Å². The minimum absolute atomic E-state index is 0.0147. The lowest BCUT2D eigenvalue weighted by Gasteiger charge is -2.18. The van der Waals surface area contributed by atoms with Crippen LogP contribution in [0.2, 0.25) is 0 Å². The third-order valence-electron chi connectivity index (χ3n) is 5.79. The number of H-pyrrole nitrogens is 1. The van der Waals surface area contributed by atoms with Crippen molar-refractivity contribution in [1.82, 2.24) is 9.97 Å². The summed E-state index contributed by atoms with van der Waals surface area (Å²) in [6, 6.07) is 1.36. The Morgan fingerprint density at radius 1 is 1.21 bits per heavy atom. The van der Waals surface area contributed by atoms with E-state index >= 15 is 0 Å². The zero-order chi connectivity index (χ0) is 19.5. The lowest BCUT2D eigenvalue weighted by atomic mass is 9.90. The second-order valence-corrected chi connectivity index (χ2v) is 8.26. The summed E-state index contributed by atoms with van der Waals surface area (Å²) in [5, 5.41) is 4.46. The van der Waals surface area contributed by atoms with Crippen LogP contribution in [-0.4, -0.2) is 15.7 Å². The van der Waals surface area contributed by atoms with Gasteiger partial charge < -0.3 is 9.25 Å². The number of rotatable bonds is 7. The molecule has 28 heavy (non-hydrogen) atoms. The quantitative estimate of drug-likeness (QED) is 0.575. The van der Waals surface area contributed by atoms with Crippen molar-refractivity contribution >= 4 is 16.8 Å². The van der Waals surface area contributed by atoms with Crippen molar-refractivity contribution in [3.8, 4) is 6.01 Å². The fourth-order valence-corrected chi connectivity index (χ4v) is 3.82. The molecule has 7 heteroatoms. The lowest BCUT2D eigenvalue weighted by Crippen LogP contribution is -2.16. The van der Waals surface area contributed by atoms with Gasteiger partial charge in [-0.1, -0.05) is 37.8 Å². The molecule has 2 aromatic heterocycles. The fraction of sp³-hybridized carbons (Fsp3) is 0.619. The minimum Gasteiger partial charge on any atom is -0.403 e. The standard InChI is InChI=1S/C21H27N3O4/c1-13-6-10-16(11-7-13)24-28-21-22-19(26)18-15(5-3-2-4-14-8-9-14)12-17(25)27-20(18)23-21/h12-14H,2-11H2,1H3,(H,22,23,26). The number of aryl methyl sites for hydroxylation is 1. The van der Waals surface area contributed by atoms with Gasteiger partial charge in [-0.15, -0.1) is 0 Å². The summed E-state index contributed by atoms with van der Waals surface area (Å²) in [6.07, 6.45) is 10.6. The molecule has 0 saturated heterocycles. The van der Waals surface area contributed by atoms with E-state index in [0.29, 0.717) is 23.3 Å². The summed E-state index contributed by atoms with van der Waals surface area (Å²) in [5.74, 6) is 1.59. The second kappa shape index (κ2) is 8.29. The molecule has 0 aromatic carbocycles. The van der Waals surface area contributed by atoms with Crippen molar-refractivity contribution in [2.75, 3.05) is 0 Å². The molecule has 1 N–H and O–H groups in total. The Balaban J connectivity index is 1.51. The number of hydrogen-bond acceptors (Lipinski definition) is 6. The van der Waals surface area contributed by atoms with Crippen molar-refractivity contribution in [3.63, 3.8) is 0 Å². The number of oxime groups is 1. The number of fused-ring (bicyclic) bond motifs is 1. The Labute approximate surface area is 163 Å². The Morgan fingerprint density at radius 2 is 2.00 bits per heavy atom. The van der Waals surface area contributed by atoms with Crippen LogP contribution in [-0.2, 0) is 6.42 Å². The van der Waals surface area contributed by atoms with Gasteiger partial charge in [0.25, 0.3) is 5.56 Å². The number of unbranched alkanes of at least 4 members (excludes halogenated alkanes) is 1. The van der Waals surface area contributed by atoms with E-state index in [1.165, 1.54) is 25.3 Å². The van der Waals surface area contributed by atoms with Crippen LogP contribution in [0.1, 0.15) is 70.3 Å². The van der Waals surface area contributed by atoms with Crippen molar-refractivity contribution in [2.45, 2.75) is 71.1 Å². The molecule has 2 aliphatic carbocycles. The van der Waals surface area contributed by atoms with Gasteiger partial charge in [0, 0.05) is 6.07 Å². The molecule has 7 nitrogen and oxygen atoms in total. The van der Waals surface area contributed by atoms with Crippen molar-refractivity contribution < 1.29 is 9.25 Å². The molecule has 2 heterocycles. The second-order valence-electron chi connectivity index (χ2n) is 8.26. The highest BCUT2D eigenvalue weighted by Gasteiger charge is 2.20. The molecule has 0 unspecified atom stereocenters. The molecule has 0 bridgehead atoms. The minimum atomic E-state index is -0.499. The molecule has 2 aliphatic rings. The predicted molar refractivity (Wildman–Crippen MR) is 107 cm³/mol. The van der Waals surface area contributed by atoms with E-state index in [-0.39, 0.29) is 17.3 Å². The SMILES string of the molecule is CC1CCC(=NOc2nc3oc(=O)cc(CCCCC4CC4)c3c(=O)[nH]2)CC1. The maximum Gasteiger partial charge on any atom is 0.337 e. The van der Waals surface area contributed by atoms with Crippen LogP contribution in [0.25, 0.3) is 11.1 Å². The molecule has 4 rings (SSSR count). The van der Waals surface area contributed by atoms with Crippen molar-refractivity contribution in [2.24, 2.45) is 17.0 Å². The topological polar surface area (TPSA) is 97.5 Å². The van der Waals surface area contributed by atoms with E-state index in [0.717, 1.165) is 50.2 Å². The van der Waals surface area contributed by atoms with E-state index in [9.17, 15) is 9.59 Å². The summed E-state index contributed by atoms with van der Waals surface area (Å²) in [6.45, 7) is 2.23. The zero-order valence-electron chi connectivity index (χ0n) is 16.3. The predicted octanol–water partition coefficient (Wildman–Crippen LogP) is 3.94. The van der Waals surface area contributed by atoms with E-state index in [1.54, 1.807) is 0 Å². The maximum atomic E-state index is 12.6. The van der Waals surface area contributed by atoms with Crippen LogP contribution in [0.15, 0.2) is 25.2 Å². The average molecular weight is 385 g/mol. The Morgan fingerprint density at radius 3 is 2.75 bits per heavy atom. The molecule has 0 radical (unpaired) electrons. The van der Waals surface area contributed by atoms with E-state index in [1.807, 2.05) is 0 Å². The molecule has 2 fully saturated rings. The zero-order valence-corrected chi connectivity index (χ0v) is 16.3. The monoisotopic (exact) mass is 385 g/mol. The Bertz CT molecular complexity index is 977. The Hall–Kier alpha value is -2.44. The van der Waals surface area contributed by atoms with E-state index in [2.05, 4.69) is 22.0 Å². The van der Waals surface area contributed by atoms with Crippen LogP contribution in [0.5, 0.6) is 6.01 Å². The molecule has 150 valence electrons. The number of hydrogen-bond donors (Lipinski definition) is 1. The molecule has 0 atom stereocenters. The molecule has 0 amide bonds. The summed E-state index contributed by atoms with van der Waals surface area (Å²) >= 11 is 0. The number of aromatic amines is 1. The highest BCUT2D eigenvalue weighted by Crippen LogP contribution is 2.34. The molecule has 2 aromatic rings. The van der Waals surface area contributed by atoms with Crippen LogP contribution in [0.4, 0.5) is 0 Å². The van der Waals surface area contributed by atoms with Gasteiger partial charge in [-0.2, -0.15) is 4.98 Å². The van der Waals surface area contributed by atoms with Crippen molar-refractivity contribution in [1.29, 1.82) is 0 Å². The molecule has 2 saturated carbocycles. The van der Waals surface area contributed by atoms with Crippen LogP contribution >= 0.6 is 0 Å². The largest absolute Gasteiger partial charge is 0.403 e. The highest BCUT2D eigenvalue weighted by molar-refractivity contribution is 5.84. The van der Waals surface area contributed by atoms with Crippen LogP contribution in [0, 0.1) is 11.8 Å². The first kappa shape index (κ1) is 18.9. The van der Waals surface area contributed by atoms with Gasteiger partial charge in [0.05, 0.1) is 5.71 Å². The van der Waals surface area contributed by atoms with Gasteiger partial charge in [0.15, 0.2) is 0 Å². The smallest absolute Gasteiger partial charge is 0.337 e. The first-order valence-corrected chi connectivity index (χ1v) is 10.4. The van der Waals surface area contributed by atoms with Crippen LogP contribution < -0.4 is 16.0 Å². The first-order valence-electron chi connectivity index (χ1n) is 10.4. The molecule has 0 spiro atoms. The normalized spacial score (nSPS) is 19.8.